The first-order valence-electron chi connectivity index (χ1n) is 5.60. The van der Waals surface area contributed by atoms with Crippen LogP contribution in [0.15, 0.2) is 30.3 Å². The fraction of sp³-hybridized carbons (Fsp3) is 0.417. The molecule has 0 bridgehead atoms. The molecular weight excluding hydrogens is 255 g/mol. The molecule has 0 atom stereocenters. The summed E-state index contributed by atoms with van der Waals surface area (Å²) in [7, 11) is -3.59. The van der Waals surface area contributed by atoms with Crippen LogP contribution in [0.3, 0.4) is 0 Å². The van der Waals surface area contributed by atoms with Gasteiger partial charge in [0, 0.05) is 0 Å². The summed E-state index contributed by atoms with van der Waals surface area (Å²) in [6.45, 7) is 5.72. The molecule has 0 saturated heterocycles. The van der Waals surface area contributed by atoms with E-state index in [0.717, 1.165) is 0 Å². The molecule has 1 aromatic rings. The first-order chi connectivity index (χ1) is 8.58. The van der Waals surface area contributed by atoms with Gasteiger partial charge in [-0.3, -0.25) is 13.8 Å². The van der Waals surface area contributed by atoms with Crippen molar-refractivity contribution in [2.45, 2.75) is 20.8 Å². The number of carbonyl (C=O) groups is 1. The molecule has 0 amide bonds. The van der Waals surface area contributed by atoms with E-state index >= 15 is 0 Å². The van der Waals surface area contributed by atoms with E-state index in [-0.39, 0.29) is 19.7 Å². The first kappa shape index (κ1) is 16.8. The van der Waals surface area contributed by atoms with E-state index in [2.05, 4.69) is 32.6 Å². The van der Waals surface area contributed by atoms with Crippen molar-refractivity contribution in [2.24, 2.45) is 0 Å². The largest absolute Gasteiger partial charge is 0.532 e. The number of phosphoric ester groups is 1. The van der Waals surface area contributed by atoms with E-state index in [1.54, 1.807) is 13.8 Å². The maximum Gasteiger partial charge on any atom is 0.532 e. The standard InChI is InChI=1S/C7H8.C5H11O5P/c1-7-5-3-2-4-6-7;1-3-8-11(7,9-4-2)10-5-6/h2-6H,1H3;5H,3-4H2,1-2H3. The summed E-state index contributed by atoms with van der Waals surface area (Å²) in [5.74, 6) is 0. The lowest BCUT2D eigenvalue weighted by molar-refractivity contribution is -0.122. The predicted molar refractivity (Wildman–Crippen MR) is 69.2 cm³/mol. The van der Waals surface area contributed by atoms with E-state index in [1.807, 2.05) is 18.2 Å². The Balaban J connectivity index is 0.000000351. The normalized spacial score (nSPS) is 10.2. The Kier molecular flexibility index (Phi) is 9.19. The van der Waals surface area contributed by atoms with E-state index in [0.29, 0.717) is 0 Å². The Morgan fingerprint density at radius 3 is 1.89 bits per heavy atom. The third-order valence-corrected chi connectivity index (χ3v) is 3.18. The number of aryl methyl sites for hydroxylation is 1. The van der Waals surface area contributed by atoms with Crippen LogP contribution in [0.2, 0.25) is 0 Å². The van der Waals surface area contributed by atoms with E-state index in [1.165, 1.54) is 5.56 Å². The lowest BCUT2D eigenvalue weighted by Gasteiger charge is -2.12. The summed E-state index contributed by atoms with van der Waals surface area (Å²) in [6, 6.07) is 10.3. The zero-order valence-corrected chi connectivity index (χ0v) is 11.8. The fourth-order valence-corrected chi connectivity index (χ4v) is 1.94. The molecule has 5 nitrogen and oxygen atoms in total. The van der Waals surface area contributed by atoms with Crippen molar-refractivity contribution in [3.63, 3.8) is 0 Å². The Hall–Kier alpha value is -1.16. The average molecular weight is 274 g/mol. The van der Waals surface area contributed by atoms with Crippen LogP contribution in [0.4, 0.5) is 0 Å². The van der Waals surface area contributed by atoms with Crippen LogP contribution in [0.25, 0.3) is 0 Å². The summed E-state index contributed by atoms with van der Waals surface area (Å²) in [5.41, 5.74) is 1.32. The van der Waals surface area contributed by atoms with Crippen molar-refractivity contribution in [3.8, 4) is 0 Å². The highest BCUT2D eigenvalue weighted by molar-refractivity contribution is 7.49. The molecule has 0 spiro atoms. The average Bonchev–Trinajstić information content (AvgIpc) is 2.31. The molecule has 0 aromatic heterocycles. The van der Waals surface area contributed by atoms with Crippen LogP contribution in [-0.2, 0) is 22.9 Å². The van der Waals surface area contributed by atoms with Gasteiger partial charge in [0.1, 0.15) is 0 Å². The lowest BCUT2D eigenvalue weighted by atomic mass is 10.2. The molecule has 1 aromatic carbocycles. The maximum absolute atomic E-state index is 11.1. The van der Waals surface area contributed by atoms with Crippen LogP contribution < -0.4 is 0 Å². The van der Waals surface area contributed by atoms with Crippen LogP contribution >= 0.6 is 7.82 Å². The topological polar surface area (TPSA) is 61.8 Å². The molecule has 1 rings (SSSR count). The molecule has 102 valence electrons. The molecule has 6 heteroatoms. The molecule has 0 N–H and O–H groups in total. The quantitative estimate of drug-likeness (QED) is 0.588. The summed E-state index contributed by atoms with van der Waals surface area (Å²) in [5, 5.41) is 0. The van der Waals surface area contributed by atoms with Crippen LogP contribution in [0.1, 0.15) is 19.4 Å². The van der Waals surface area contributed by atoms with Crippen molar-refractivity contribution in [2.75, 3.05) is 13.2 Å². The van der Waals surface area contributed by atoms with E-state index < -0.39 is 7.82 Å². The molecule has 0 aliphatic heterocycles. The number of rotatable bonds is 6. The second-order valence-electron chi connectivity index (χ2n) is 3.14. The van der Waals surface area contributed by atoms with Gasteiger partial charge < -0.3 is 4.52 Å². The third-order valence-electron chi connectivity index (χ3n) is 1.69. The molecule has 0 fully saturated rings. The Labute approximate surface area is 108 Å². The number of phosphoric acid groups is 1. The summed E-state index contributed by atoms with van der Waals surface area (Å²) < 4.78 is 24.4. The van der Waals surface area contributed by atoms with Gasteiger partial charge in [0.05, 0.1) is 13.2 Å². The SMILES string of the molecule is CCOP(=O)(OC=O)OCC.Cc1ccccc1. The third kappa shape index (κ3) is 8.01. The van der Waals surface area contributed by atoms with Gasteiger partial charge in [0.2, 0.25) is 0 Å². The van der Waals surface area contributed by atoms with Crippen LogP contribution in [0, 0.1) is 6.92 Å². The molecule has 18 heavy (non-hydrogen) atoms. The number of hydrogen-bond donors (Lipinski definition) is 0. The van der Waals surface area contributed by atoms with Crippen molar-refractivity contribution in [3.05, 3.63) is 35.9 Å². The summed E-state index contributed by atoms with van der Waals surface area (Å²) in [6.07, 6.45) is 0. The zero-order valence-electron chi connectivity index (χ0n) is 10.9. The van der Waals surface area contributed by atoms with Crippen LogP contribution in [0.5, 0.6) is 0 Å². The van der Waals surface area contributed by atoms with Gasteiger partial charge >= 0.3 is 14.3 Å². The zero-order chi connectivity index (χ0) is 13.9. The monoisotopic (exact) mass is 274 g/mol. The van der Waals surface area contributed by atoms with Crippen molar-refractivity contribution < 1.29 is 22.9 Å². The second kappa shape index (κ2) is 9.83. The van der Waals surface area contributed by atoms with Gasteiger partial charge in [-0.1, -0.05) is 35.9 Å². The van der Waals surface area contributed by atoms with E-state index in [9.17, 15) is 9.36 Å². The number of benzene rings is 1. The van der Waals surface area contributed by atoms with Gasteiger partial charge in [0.25, 0.3) is 0 Å². The van der Waals surface area contributed by atoms with Crippen LogP contribution in [-0.4, -0.2) is 19.7 Å². The summed E-state index contributed by atoms with van der Waals surface area (Å²) >= 11 is 0. The van der Waals surface area contributed by atoms with E-state index in [4.69, 9.17) is 0 Å². The van der Waals surface area contributed by atoms with Gasteiger partial charge in [-0.05, 0) is 20.8 Å². The highest BCUT2D eigenvalue weighted by Crippen LogP contribution is 2.48. The Morgan fingerprint density at radius 2 is 1.61 bits per heavy atom. The predicted octanol–water partition coefficient (Wildman–Crippen LogP) is 3.34. The molecule has 0 unspecified atom stereocenters. The highest BCUT2D eigenvalue weighted by atomic mass is 31.2. The number of carbonyl (C=O) groups excluding carboxylic acids is 1. The van der Waals surface area contributed by atoms with Crippen molar-refractivity contribution in [1.29, 1.82) is 0 Å². The maximum atomic E-state index is 11.1. The highest BCUT2D eigenvalue weighted by Gasteiger charge is 2.25. The number of hydrogen-bond acceptors (Lipinski definition) is 5. The molecule has 0 saturated carbocycles. The van der Waals surface area contributed by atoms with Crippen molar-refractivity contribution in [1.82, 2.24) is 0 Å². The minimum absolute atomic E-state index is 0.0477. The summed E-state index contributed by atoms with van der Waals surface area (Å²) in [4.78, 5) is 9.82. The van der Waals surface area contributed by atoms with Gasteiger partial charge in [-0.25, -0.2) is 4.57 Å². The molecule has 0 radical (unpaired) electrons. The lowest BCUT2D eigenvalue weighted by Crippen LogP contribution is -1.98. The molecule has 0 aliphatic carbocycles. The van der Waals surface area contributed by atoms with Gasteiger partial charge in [0.15, 0.2) is 0 Å². The molecule has 0 heterocycles. The minimum atomic E-state index is -3.59. The molecule has 0 aliphatic rings. The molecular formula is C12H19O5P. The van der Waals surface area contributed by atoms with Gasteiger partial charge in [-0.15, -0.1) is 0 Å². The minimum Gasteiger partial charge on any atom is -0.373 e. The first-order valence-corrected chi connectivity index (χ1v) is 7.06. The van der Waals surface area contributed by atoms with Crippen molar-refractivity contribution >= 4 is 14.3 Å². The second-order valence-corrected chi connectivity index (χ2v) is 4.76. The van der Waals surface area contributed by atoms with Gasteiger partial charge in [-0.2, -0.15) is 0 Å². The Morgan fingerprint density at radius 1 is 1.11 bits per heavy atom. The fourth-order valence-electron chi connectivity index (χ4n) is 1.00. The Bertz CT molecular complexity index is 356. The smallest absolute Gasteiger partial charge is 0.373 e.